The van der Waals surface area contributed by atoms with Crippen molar-refractivity contribution >= 4 is 33.6 Å². The molecule has 5 aromatic rings. The highest BCUT2D eigenvalue weighted by molar-refractivity contribution is 6.13. The van der Waals surface area contributed by atoms with E-state index in [1.807, 2.05) is 33.8 Å². The number of methoxy groups -OCH3 is 1. The number of aryl methyl sites for hydroxylation is 4. The van der Waals surface area contributed by atoms with Crippen molar-refractivity contribution in [2.45, 2.75) is 46.6 Å². The molecule has 33 heavy (non-hydrogen) atoms. The molecule has 0 bridgehead atoms. The Hall–Kier alpha value is -3.88. The van der Waals surface area contributed by atoms with Crippen LogP contribution in [0.4, 0.5) is 11.6 Å². The number of rotatable bonds is 5. The molecule has 6 rings (SSSR count). The fourth-order valence-corrected chi connectivity index (χ4v) is 4.59. The van der Waals surface area contributed by atoms with Crippen LogP contribution in [-0.2, 0) is 0 Å². The first-order chi connectivity index (χ1) is 15.9. The number of hydrogen-bond donors (Lipinski definition) is 2. The summed E-state index contributed by atoms with van der Waals surface area (Å²) in [6.45, 7) is 7.75. The number of benzene rings is 1. The molecule has 4 heterocycles. The Bertz CT molecular complexity index is 1520. The van der Waals surface area contributed by atoms with Crippen LogP contribution in [0.3, 0.4) is 0 Å². The summed E-state index contributed by atoms with van der Waals surface area (Å²) in [6.07, 6.45) is 2.31. The average Bonchev–Trinajstić information content (AvgIpc) is 3.35. The van der Waals surface area contributed by atoms with Crippen molar-refractivity contribution in [1.82, 2.24) is 29.9 Å². The van der Waals surface area contributed by atoms with Crippen molar-refractivity contribution in [1.29, 1.82) is 0 Å². The van der Waals surface area contributed by atoms with Gasteiger partial charge in [0.25, 0.3) is 0 Å². The van der Waals surface area contributed by atoms with E-state index in [0.717, 1.165) is 80.4 Å². The second kappa shape index (κ2) is 7.06. The van der Waals surface area contributed by atoms with Crippen molar-refractivity contribution in [2.75, 3.05) is 12.4 Å². The first kappa shape index (κ1) is 19.8. The third-order valence-corrected chi connectivity index (χ3v) is 6.18. The van der Waals surface area contributed by atoms with Gasteiger partial charge in [0.2, 0.25) is 0 Å². The zero-order valence-electron chi connectivity index (χ0n) is 19.3. The fourth-order valence-electron chi connectivity index (χ4n) is 4.59. The van der Waals surface area contributed by atoms with Gasteiger partial charge in [-0.3, -0.25) is 0 Å². The summed E-state index contributed by atoms with van der Waals surface area (Å²) < 4.78 is 13.3. The van der Waals surface area contributed by atoms with Crippen LogP contribution in [0.15, 0.2) is 22.7 Å². The molecule has 4 aromatic heterocycles. The van der Waals surface area contributed by atoms with E-state index in [1.54, 1.807) is 7.11 Å². The minimum absolute atomic E-state index is 0.459. The van der Waals surface area contributed by atoms with Crippen molar-refractivity contribution < 1.29 is 9.26 Å². The fraction of sp³-hybridized carbons (Fsp3) is 0.333. The first-order valence-corrected chi connectivity index (χ1v) is 11.1. The van der Waals surface area contributed by atoms with Crippen LogP contribution >= 0.6 is 0 Å². The Morgan fingerprint density at radius 1 is 1.12 bits per heavy atom. The molecule has 0 saturated heterocycles. The van der Waals surface area contributed by atoms with E-state index >= 15 is 0 Å². The summed E-state index contributed by atoms with van der Waals surface area (Å²) in [5, 5.41) is 14.2. The second-order valence-corrected chi connectivity index (χ2v) is 8.74. The summed E-state index contributed by atoms with van der Waals surface area (Å²) in [4.78, 5) is 12.9. The van der Waals surface area contributed by atoms with Gasteiger partial charge in [-0.25, -0.2) is 14.6 Å². The van der Waals surface area contributed by atoms with Crippen LogP contribution in [-0.4, -0.2) is 37.0 Å². The lowest BCUT2D eigenvalue weighted by atomic mass is 10.0. The molecule has 0 spiro atoms. The Morgan fingerprint density at radius 2 is 1.94 bits per heavy atom. The SMILES string of the molecule is COc1cc2c(cc1-c1c(C)noc1C)[nH]c1nc(C)nc(Nc3cc(C)nn3C3CC3)c12. The van der Waals surface area contributed by atoms with E-state index < -0.39 is 0 Å². The lowest BCUT2D eigenvalue weighted by molar-refractivity contribution is 0.393. The largest absolute Gasteiger partial charge is 0.496 e. The van der Waals surface area contributed by atoms with Gasteiger partial charge in [-0.05, 0) is 52.7 Å². The molecule has 0 unspecified atom stereocenters. The summed E-state index contributed by atoms with van der Waals surface area (Å²) in [7, 11) is 1.68. The zero-order chi connectivity index (χ0) is 22.9. The minimum Gasteiger partial charge on any atom is -0.496 e. The lowest BCUT2D eigenvalue weighted by Crippen LogP contribution is -2.05. The topological polar surface area (TPSA) is 107 Å². The maximum absolute atomic E-state index is 5.79. The Labute approximate surface area is 190 Å². The maximum atomic E-state index is 5.79. The van der Waals surface area contributed by atoms with Crippen molar-refractivity contribution in [3.8, 4) is 16.9 Å². The Morgan fingerprint density at radius 3 is 2.64 bits per heavy atom. The molecule has 1 aliphatic carbocycles. The van der Waals surface area contributed by atoms with E-state index in [9.17, 15) is 0 Å². The highest BCUT2D eigenvalue weighted by atomic mass is 16.5. The third-order valence-electron chi connectivity index (χ3n) is 6.18. The molecule has 0 atom stereocenters. The quantitative estimate of drug-likeness (QED) is 0.380. The Balaban J connectivity index is 1.56. The maximum Gasteiger partial charge on any atom is 0.145 e. The van der Waals surface area contributed by atoms with E-state index in [0.29, 0.717) is 11.9 Å². The van der Waals surface area contributed by atoms with Gasteiger partial charge in [0.05, 0.1) is 35.5 Å². The minimum atomic E-state index is 0.459. The van der Waals surface area contributed by atoms with Gasteiger partial charge in [-0.15, -0.1) is 0 Å². The lowest BCUT2D eigenvalue weighted by Gasteiger charge is -2.11. The van der Waals surface area contributed by atoms with Crippen molar-refractivity contribution in [2.24, 2.45) is 0 Å². The van der Waals surface area contributed by atoms with E-state index in [2.05, 4.69) is 42.4 Å². The van der Waals surface area contributed by atoms with Crippen LogP contribution in [0.5, 0.6) is 5.75 Å². The predicted octanol–water partition coefficient (Wildman–Crippen LogP) is 5.28. The molecule has 0 amide bonds. The number of H-pyrrole nitrogens is 1. The molecule has 9 nitrogen and oxygen atoms in total. The van der Waals surface area contributed by atoms with E-state index in [-0.39, 0.29) is 0 Å². The standard InChI is InChI=1S/C24H25N7O2/c1-11-8-20(31(29-11)15-6-7-15)28-24-22-16-10-19(32-5)17(21-12(2)30-33-13(21)3)9-18(16)27-23(22)25-14(4)26-24/h8-10,15H,6-7H2,1-5H3,(H2,25,26,27,28). The monoisotopic (exact) mass is 443 g/mol. The molecule has 1 aliphatic rings. The smallest absolute Gasteiger partial charge is 0.145 e. The number of fused-ring (bicyclic) bond motifs is 3. The molecule has 9 heteroatoms. The number of nitrogens with zero attached hydrogens (tertiary/aromatic N) is 5. The number of hydrogen-bond acceptors (Lipinski definition) is 7. The molecule has 168 valence electrons. The van der Waals surface area contributed by atoms with Gasteiger partial charge in [-0.2, -0.15) is 5.10 Å². The van der Waals surface area contributed by atoms with Crippen LogP contribution in [0.1, 0.15) is 41.9 Å². The van der Waals surface area contributed by atoms with Gasteiger partial charge in [0.15, 0.2) is 0 Å². The predicted molar refractivity (Wildman–Crippen MR) is 126 cm³/mol. The van der Waals surface area contributed by atoms with Gasteiger partial charge in [0.1, 0.15) is 34.6 Å². The van der Waals surface area contributed by atoms with Crippen LogP contribution in [0.2, 0.25) is 0 Å². The number of nitrogens with one attached hydrogen (secondary N) is 2. The summed E-state index contributed by atoms with van der Waals surface area (Å²) in [5.41, 5.74) is 5.38. The van der Waals surface area contributed by atoms with Gasteiger partial charge in [-0.1, -0.05) is 5.16 Å². The van der Waals surface area contributed by atoms with E-state index in [1.165, 1.54) is 0 Å². The van der Waals surface area contributed by atoms with Gasteiger partial charge in [0, 0.05) is 22.5 Å². The summed E-state index contributed by atoms with van der Waals surface area (Å²) in [5.74, 6) is 3.87. The average molecular weight is 444 g/mol. The summed E-state index contributed by atoms with van der Waals surface area (Å²) >= 11 is 0. The zero-order valence-corrected chi connectivity index (χ0v) is 19.3. The molecule has 0 radical (unpaired) electrons. The van der Waals surface area contributed by atoms with E-state index in [4.69, 9.17) is 14.2 Å². The number of anilines is 2. The molecule has 2 N–H and O–H groups in total. The highest BCUT2D eigenvalue weighted by Gasteiger charge is 2.28. The second-order valence-electron chi connectivity index (χ2n) is 8.74. The number of aromatic nitrogens is 6. The number of aromatic amines is 1. The molecule has 1 fully saturated rings. The molecular weight excluding hydrogens is 418 g/mol. The van der Waals surface area contributed by atoms with Crippen molar-refractivity contribution in [3.05, 3.63) is 41.2 Å². The van der Waals surface area contributed by atoms with Gasteiger partial charge >= 0.3 is 0 Å². The molecular formula is C24H25N7O2. The normalized spacial score (nSPS) is 13.8. The third kappa shape index (κ3) is 3.14. The Kier molecular flexibility index (Phi) is 4.23. The molecule has 1 aromatic carbocycles. The molecule has 0 aliphatic heterocycles. The van der Waals surface area contributed by atoms with Gasteiger partial charge < -0.3 is 19.6 Å². The highest BCUT2D eigenvalue weighted by Crippen LogP contribution is 2.42. The van der Waals surface area contributed by atoms with Crippen LogP contribution in [0, 0.1) is 27.7 Å². The van der Waals surface area contributed by atoms with Crippen molar-refractivity contribution in [3.63, 3.8) is 0 Å². The van der Waals surface area contributed by atoms with Crippen LogP contribution in [0.25, 0.3) is 33.1 Å². The number of ether oxygens (including phenoxy) is 1. The summed E-state index contributed by atoms with van der Waals surface area (Å²) in [6, 6.07) is 6.62. The van der Waals surface area contributed by atoms with Crippen LogP contribution < -0.4 is 10.1 Å². The molecule has 1 saturated carbocycles. The first-order valence-electron chi connectivity index (χ1n) is 11.1.